The van der Waals surface area contributed by atoms with E-state index >= 15 is 0 Å². The molecule has 0 aliphatic heterocycles. The van der Waals surface area contributed by atoms with Crippen LogP contribution in [-0.2, 0) is 10.7 Å². The fourth-order valence-electron chi connectivity index (χ4n) is 1.60. The van der Waals surface area contributed by atoms with Crippen molar-refractivity contribution in [3.63, 3.8) is 0 Å². The minimum absolute atomic E-state index is 0.0656. The van der Waals surface area contributed by atoms with E-state index in [1.807, 2.05) is 0 Å². The maximum Gasteiger partial charge on any atom is 0.329 e. The van der Waals surface area contributed by atoms with Gasteiger partial charge in [0.05, 0.1) is 6.16 Å². The summed E-state index contributed by atoms with van der Waals surface area (Å²) >= 11 is 0. The van der Waals surface area contributed by atoms with Crippen molar-refractivity contribution in [1.29, 1.82) is 0 Å². The van der Waals surface area contributed by atoms with Crippen LogP contribution in [0.15, 0.2) is 12.1 Å². The molecular weight excluding hydrogens is 231 g/mol. The molecule has 5 nitrogen and oxygen atoms in total. The number of benzene rings is 1. The summed E-state index contributed by atoms with van der Waals surface area (Å²) in [6.07, 6.45) is -0.494. The first-order valence-corrected chi connectivity index (χ1v) is 6.60. The van der Waals surface area contributed by atoms with Gasteiger partial charge < -0.3 is 20.0 Å². The minimum atomic E-state index is -4.19. The molecule has 0 saturated heterocycles. The summed E-state index contributed by atoms with van der Waals surface area (Å²) in [6, 6.07) is 2.54. The standard InChI is InChI=1S/C10H15O5P/c1-6(2)10-8(11)3-7(4-9(10)12)5-16(13,14)15/h3-4,6,11-12H,5H2,1-2H3,(H2,13,14,15). The second-order valence-electron chi connectivity index (χ2n) is 4.03. The molecule has 4 N–H and O–H groups in total. The van der Waals surface area contributed by atoms with E-state index in [4.69, 9.17) is 9.79 Å². The van der Waals surface area contributed by atoms with E-state index in [9.17, 15) is 14.8 Å². The lowest BCUT2D eigenvalue weighted by atomic mass is 9.99. The molecule has 1 aromatic rings. The number of phenols is 2. The first-order valence-electron chi connectivity index (χ1n) is 4.80. The molecule has 1 rings (SSSR count). The third-order valence-electron chi connectivity index (χ3n) is 2.16. The zero-order valence-electron chi connectivity index (χ0n) is 9.08. The summed E-state index contributed by atoms with van der Waals surface area (Å²) < 4.78 is 10.8. The Balaban J connectivity index is 3.15. The Labute approximate surface area is 93.5 Å². The van der Waals surface area contributed by atoms with Gasteiger partial charge in [-0.15, -0.1) is 0 Å². The Bertz CT molecular complexity index is 412. The largest absolute Gasteiger partial charge is 0.508 e. The fourth-order valence-corrected chi connectivity index (χ4v) is 2.26. The predicted molar refractivity (Wildman–Crippen MR) is 59.6 cm³/mol. The normalized spacial score (nSPS) is 12.1. The third-order valence-corrected chi connectivity index (χ3v) is 2.94. The van der Waals surface area contributed by atoms with Gasteiger partial charge in [-0.05, 0) is 23.6 Å². The molecule has 0 saturated carbocycles. The molecule has 0 heterocycles. The molecule has 0 radical (unpaired) electrons. The highest BCUT2D eigenvalue weighted by Gasteiger charge is 2.18. The molecule has 16 heavy (non-hydrogen) atoms. The van der Waals surface area contributed by atoms with Crippen LogP contribution in [0.3, 0.4) is 0 Å². The molecule has 90 valence electrons. The van der Waals surface area contributed by atoms with Gasteiger partial charge >= 0.3 is 7.60 Å². The van der Waals surface area contributed by atoms with Crippen LogP contribution in [0.4, 0.5) is 0 Å². The molecule has 0 unspecified atom stereocenters. The molecule has 0 aliphatic rings. The molecule has 0 aromatic heterocycles. The first-order chi connectivity index (χ1) is 7.20. The van der Waals surface area contributed by atoms with E-state index in [2.05, 4.69) is 0 Å². The summed E-state index contributed by atoms with van der Waals surface area (Å²) in [5.41, 5.74) is 0.599. The van der Waals surface area contributed by atoms with E-state index in [0.717, 1.165) is 0 Å². The van der Waals surface area contributed by atoms with Crippen molar-refractivity contribution in [2.24, 2.45) is 0 Å². The van der Waals surface area contributed by atoms with Gasteiger partial charge in [0.1, 0.15) is 11.5 Å². The topological polar surface area (TPSA) is 98.0 Å². The SMILES string of the molecule is CC(C)c1c(O)cc(CP(=O)(O)O)cc1O. The van der Waals surface area contributed by atoms with Gasteiger partial charge in [0, 0.05) is 5.56 Å². The first kappa shape index (κ1) is 13.0. The van der Waals surface area contributed by atoms with Crippen LogP contribution in [0.2, 0.25) is 0 Å². The van der Waals surface area contributed by atoms with Gasteiger partial charge in [-0.25, -0.2) is 0 Å². The molecule has 0 fully saturated rings. The molecule has 0 aliphatic carbocycles. The minimum Gasteiger partial charge on any atom is -0.508 e. The Morgan fingerprint density at radius 3 is 1.94 bits per heavy atom. The van der Waals surface area contributed by atoms with E-state index in [1.165, 1.54) is 12.1 Å². The van der Waals surface area contributed by atoms with Gasteiger partial charge in [0.15, 0.2) is 0 Å². The lowest BCUT2D eigenvalue weighted by Crippen LogP contribution is -1.93. The van der Waals surface area contributed by atoms with E-state index in [-0.39, 0.29) is 23.0 Å². The van der Waals surface area contributed by atoms with Crippen molar-refractivity contribution in [1.82, 2.24) is 0 Å². The van der Waals surface area contributed by atoms with Crippen LogP contribution < -0.4 is 0 Å². The average Bonchev–Trinajstić information content (AvgIpc) is 1.96. The van der Waals surface area contributed by atoms with Crippen LogP contribution in [0, 0.1) is 0 Å². The van der Waals surface area contributed by atoms with Gasteiger partial charge in [0.2, 0.25) is 0 Å². The number of hydrogen-bond donors (Lipinski definition) is 4. The van der Waals surface area contributed by atoms with Gasteiger partial charge in [-0.2, -0.15) is 0 Å². The second-order valence-corrected chi connectivity index (χ2v) is 5.67. The quantitative estimate of drug-likeness (QED) is 0.610. The Morgan fingerprint density at radius 2 is 1.62 bits per heavy atom. The monoisotopic (exact) mass is 246 g/mol. The highest BCUT2D eigenvalue weighted by atomic mass is 31.2. The highest BCUT2D eigenvalue weighted by molar-refractivity contribution is 7.50. The summed E-state index contributed by atoms with van der Waals surface area (Å²) in [6.45, 7) is 3.61. The van der Waals surface area contributed by atoms with Crippen molar-refractivity contribution in [2.75, 3.05) is 0 Å². The maximum atomic E-state index is 10.8. The molecule has 6 heteroatoms. The Hall–Kier alpha value is -1.03. The van der Waals surface area contributed by atoms with Crippen LogP contribution >= 0.6 is 7.60 Å². The zero-order valence-corrected chi connectivity index (χ0v) is 9.98. The summed E-state index contributed by atoms with van der Waals surface area (Å²) in [5, 5.41) is 19.3. The fraction of sp³-hybridized carbons (Fsp3) is 0.400. The number of hydrogen-bond acceptors (Lipinski definition) is 3. The summed E-state index contributed by atoms with van der Waals surface area (Å²) in [7, 11) is -4.19. The smallest absolute Gasteiger partial charge is 0.329 e. The van der Waals surface area contributed by atoms with E-state index < -0.39 is 13.8 Å². The zero-order chi connectivity index (χ0) is 12.5. The van der Waals surface area contributed by atoms with Crippen LogP contribution in [0.5, 0.6) is 11.5 Å². The van der Waals surface area contributed by atoms with Crippen LogP contribution in [0.25, 0.3) is 0 Å². The van der Waals surface area contributed by atoms with Gasteiger partial charge in [0.25, 0.3) is 0 Å². The number of aromatic hydroxyl groups is 2. The maximum absolute atomic E-state index is 10.8. The highest BCUT2D eigenvalue weighted by Crippen LogP contribution is 2.42. The molecule has 1 aromatic carbocycles. The lowest BCUT2D eigenvalue weighted by molar-refractivity contribution is 0.371. The van der Waals surface area contributed by atoms with E-state index in [0.29, 0.717) is 5.56 Å². The van der Waals surface area contributed by atoms with Gasteiger partial charge in [-0.3, -0.25) is 4.57 Å². The molecule has 0 bridgehead atoms. The summed E-state index contributed by atoms with van der Waals surface area (Å²) in [5.74, 6) is -0.346. The molecule has 0 amide bonds. The Kier molecular flexibility index (Phi) is 3.63. The van der Waals surface area contributed by atoms with Crippen molar-refractivity contribution in [2.45, 2.75) is 25.9 Å². The van der Waals surface area contributed by atoms with E-state index in [1.54, 1.807) is 13.8 Å². The lowest BCUT2D eigenvalue weighted by Gasteiger charge is -2.13. The second kappa shape index (κ2) is 4.45. The third kappa shape index (κ3) is 3.23. The van der Waals surface area contributed by atoms with Crippen molar-refractivity contribution < 1.29 is 24.6 Å². The van der Waals surface area contributed by atoms with Crippen molar-refractivity contribution in [3.05, 3.63) is 23.3 Å². The Morgan fingerprint density at radius 1 is 1.19 bits per heavy atom. The number of rotatable bonds is 3. The van der Waals surface area contributed by atoms with Crippen LogP contribution in [-0.4, -0.2) is 20.0 Å². The van der Waals surface area contributed by atoms with Gasteiger partial charge in [-0.1, -0.05) is 13.8 Å². The molecule has 0 atom stereocenters. The summed E-state index contributed by atoms with van der Waals surface area (Å²) in [4.78, 5) is 17.6. The predicted octanol–water partition coefficient (Wildman–Crippen LogP) is 1.90. The van der Waals surface area contributed by atoms with Crippen molar-refractivity contribution >= 4 is 7.60 Å². The van der Waals surface area contributed by atoms with Crippen LogP contribution in [0.1, 0.15) is 30.9 Å². The van der Waals surface area contributed by atoms with Crippen molar-refractivity contribution in [3.8, 4) is 11.5 Å². The molecule has 0 spiro atoms. The number of phenolic OH excluding ortho intramolecular Hbond substituents is 2. The average molecular weight is 246 g/mol. The molecular formula is C10H15O5P.